The summed E-state index contributed by atoms with van der Waals surface area (Å²) in [6.07, 6.45) is 8.63. The Labute approximate surface area is 203 Å². The van der Waals surface area contributed by atoms with Crippen molar-refractivity contribution in [3.8, 4) is 5.75 Å². The van der Waals surface area contributed by atoms with E-state index in [4.69, 9.17) is 16.3 Å². The zero-order chi connectivity index (χ0) is 23.1. The second-order valence-electron chi connectivity index (χ2n) is 10.1. The Hall–Kier alpha value is -1.79. The van der Waals surface area contributed by atoms with Gasteiger partial charge in [-0.25, -0.2) is 0 Å². The maximum Gasteiger partial charge on any atom is 0.223 e. The first kappa shape index (κ1) is 24.3. The zero-order valence-electron chi connectivity index (χ0n) is 19.8. The van der Waals surface area contributed by atoms with Crippen LogP contribution in [0.2, 0.25) is 5.02 Å². The SMILES string of the molecule is O=C(C[C@]1(COc2cccc(Cl)c2)CCCN(C(=O)CCN2CCCC2)C1)N1CCCCC1. The molecule has 0 radical (unpaired) electrons. The normalized spacial score (nSPS) is 24.2. The lowest BCUT2D eigenvalue weighted by Crippen LogP contribution is -2.51. The van der Waals surface area contributed by atoms with E-state index in [-0.39, 0.29) is 17.2 Å². The fraction of sp³-hybridized carbons (Fsp3) is 0.692. The first-order valence-corrected chi connectivity index (χ1v) is 13.1. The summed E-state index contributed by atoms with van der Waals surface area (Å²) in [5.74, 6) is 1.12. The fourth-order valence-electron chi connectivity index (χ4n) is 5.52. The maximum atomic E-state index is 13.3. The number of ether oxygens (including phenoxy) is 1. The highest BCUT2D eigenvalue weighted by atomic mass is 35.5. The van der Waals surface area contributed by atoms with Crippen molar-refractivity contribution < 1.29 is 14.3 Å². The number of hydrogen-bond acceptors (Lipinski definition) is 4. The lowest BCUT2D eigenvalue weighted by Gasteiger charge is -2.43. The fourth-order valence-corrected chi connectivity index (χ4v) is 5.70. The molecule has 0 unspecified atom stereocenters. The van der Waals surface area contributed by atoms with Crippen LogP contribution in [0.4, 0.5) is 0 Å². The van der Waals surface area contributed by atoms with Crippen LogP contribution in [-0.2, 0) is 9.59 Å². The Kier molecular flexibility index (Phi) is 8.53. The van der Waals surface area contributed by atoms with E-state index in [9.17, 15) is 9.59 Å². The molecule has 6 nitrogen and oxygen atoms in total. The highest BCUT2D eigenvalue weighted by molar-refractivity contribution is 6.30. The third kappa shape index (κ3) is 6.86. The first-order valence-electron chi connectivity index (χ1n) is 12.7. The van der Waals surface area contributed by atoms with Gasteiger partial charge in [-0.15, -0.1) is 0 Å². The molecule has 0 aromatic heterocycles. The van der Waals surface area contributed by atoms with Crippen molar-refractivity contribution in [1.29, 1.82) is 0 Å². The van der Waals surface area contributed by atoms with Gasteiger partial charge in [0.05, 0.1) is 6.61 Å². The van der Waals surface area contributed by atoms with Gasteiger partial charge in [-0.3, -0.25) is 9.59 Å². The zero-order valence-corrected chi connectivity index (χ0v) is 20.5. The molecule has 0 spiro atoms. The molecule has 3 fully saturated rings. The third-order valence-electron chi connectivity index (χ3n) is 7.43. The lowest BCUT2D eigenvalue weighted by molar-refractivity contribution is -0.142. The summed E-state index contributed by atoms with van der Waals surface area (Å²) in [6.45, 7) is 6.54. The summed E-state index contributed by atoms with van der Waals surface area (Å²) in [5.41, 5.74) is -0.363. The third-order valence-corrected chi connectivity index (χ3v) is 7.67. The average Bonchev–Trinajstić information content (AvgIpc) is 3.36. The lowest BCUT2D eigenvalue weighted by atomic mass is 9.77. The summed E-state index contributed by atoms with van der Waals surface area (Å²) in [6, 6.07) is 7.40. The van der Waals surface area contributed by atoms with Crippen molar-refractivity contribution >= 4 is 23.4 Å². The number of halogens is 1. The highest BCUT2D eigenvalue weighted by Crippen LogP contribution is 2.36. The van der Waals surface area contributed by atoms with Crippen molar-refractivity contribution in [1.82, 2.24) is 14.7 Å². The number of piperidine rings is 2. The van der Waals surface area contributed by atoms with E-state index in [0.717, 1.165) is 65.0 Å². The van der Waals surface area contributed by atoms with Gasteiger partial charge in [0.2, 0.25) is 11.8 Å². The molecular formula is C26H38ClN3O3. The molecule has 2 amide bonds. The highest BCUT2D eigenvalue weighted by Gasteiger charge is 2.41. The van der Waals surface area contributed by atoms with E-state index in [1.165, 1.54) is 19.3 Å². The largest absolute Gasteiger partial charge is 0.493 e. The molecule has 1 aromatic rings. The summed E-state index contributed by atoms with van der Waals surface area (Å²) in [7, 11) is 0. The van der Waals surface area contributed by atoms with Gasteiger partial charge in [0, 0.05) is 56.0 Å². The van der Waals surface area contributed by atoms with E-state index < -0.39 is 0 Å². The van der Waals surface area contributed by atoms with Crippen LogP contribution in [0.3, 0.4) is 0 Å². The van der Waals surface area contributed by atoms with Crippen molar-refractivity contribution in [2.24, 2.45) is 5.41 Å². The van der Waals surface area contributed by atoms with E-state index in [1.807, 2.05) is 34.1 Å². The summed E-state index contributed by atoms with van der Waals surface area (Å²) >= 11 is 6.14. The number of benzene rings is 1. The molecule has 0 N–H and O–H groups in total. The van der Waals surface area contributed by atoms with Crippen molar-refractivity contribution in [2.45, 2.75) is 57.8 Å². The maximum absolute atomic E-state index is 13.3. The predicted molar refractivity (Wildman–Crippen MR) is 131 cm³/mol. The van der Waals surface area contributed by atoms with Gasteiger partial charge in [-0.2, -0.15) is 0 Å². The van der Waals surface area contributed by atoms with E-state index in [1.54, 1.807) is 0 Å². The summed E-state index contributed by atoms with van der Waals surface area (Å²) in [4.78, 5) is 32.7. The van der Waals surface area contributed by atoms with Gasteiger partial charge in [0.25, 0.3) is 0 Å². The van der Waals surface area contributed by atoms with Crippen LogP contribution in [0.1, 0.15) is 57.8 Å². The molecule has 3 heterocycles. The monoisotopic (exact) mass is 475 g/mol. The van der Waals surface area contributed by atoms with Gasteiger partial charge in [-0.1, -0.05) is 17.7 Å². The number of carbonyl (C=O) groups is 2. The molecule has 0 bridgehead atoms. The van der Waals surface area contributed by atoms with Crippen LogP contribution < -0.4 is 4.74 Å². The van der Waals surface area contributed by atoms with Gasteiger partial charge >= 0.3 is 0 Å². The molecule has 182 valence electrons. The van der Waals surface area contributed by atoms with Crippen LogP contribution in [0.15, 0.2) is 24.3 Å². The second kappa shape index (κ2) is 11.6. The standard InChI is InChI=1S/C26H38ClN3O3/c27-22-8-6-9-23(18-22)33-21-26(19-25(32)29-14-2-1-3-15-29)11-7-16-30(20-26)24(31)10-17-28-12-4-5-13-28/h6,8-9,18H,1-5,7,10-17,19-21H2/t26-/m1/s1. The van der Waals surface area contributed by atoms with Crippen LogP contribution in [0.25, 0.3) is 0 Å². The van der Waals surface area contributed by atoms with E-state index >= 15 is 0 Å². The summed E-state index contributed by atoms with van der Waals surface area (Å²) in [5, 5.41) is 0.633. The van der Waals surface area contributed by atoms with E-state index in [0.29, 0.717) is 36.8 Å². The number of rotatable bonds is 8. The smallest absolute Gasteiger partial charge is 0.223 e. The first-order chi connectivity index (χ1) is 16.0. The van der Waals surface area contributed by atoms with Crippen molar-refractivity contribution in [3.05, 3.63) is 29.3 Å². The molecule has 7 heteroatoms. The van der Waals surface area contributed by atoms with Crippen LogP contribution >= 0.6 is 11.6 Å². The average molecular weight is 476 g/mol. The summed E-state index contributed by atoms with van der Waals surface area (Å²) < 4.78 is 6.19. The molecule has 3 aliphatic rings. The minimum Gasteiger partial charge on any atom is -0.493 e. The number of nitrogens with zero attached hydrogens (tertiary/aromatic N) is 3. The quantitative estimate of drug-likeness (QED) is 0.565. The Morgan fingerprint density at radius 3 is 2.39 bits per heavy atom. The van der Waals surface area contributed by atoms with Gasteiger partial charge in [0.1, 0.15) is 5.75 Å². The van der Waals surface area contributed by atoms with Crippen molar-refractivity contribution in [2.75, 3.05) is 52.4 Å². The Balaban J connectivity index is 1.43. The Bertz CT molecular complexity index is 808. The number of hydrogen-bond donors (Lipinski definition) is 0. The van der Waals surface area contributed by atoms with Crippen LogP contribution in [0.5, 0.6) is 5.75 Å². The molecular weight excluding hydrogens is 438 g/mol. The Morgan fingerprint density at radius 1 is 0.909 bits per heavy atom. The molecule has 1 atom stereocenters. The van der Waals surface area contributed by atoms with E-state index in [2.05, 4.69) is 4.90 Å². The van der Waals surface area contributed by atoms with Crippen LogP contribution in [-0.4, -0.2) is 78.9 Å². The molecule has 0 aliphatic carbocycles. The number of likely N-dealkylation sites (tertiary alicyclic amines) is 3. The van der Waals surface area contributed by atoms with Gasteiger partial charge < -0.3 is 19.4 Å². The van der Waals surface area contributed by atoms with Crippen LogP contribution in [0, 0.1) is 5.41 Å². The van der Waals surface area contributed by atoms with Gasteiger partial charge in [-0.05, 0) is 76.2 Å². The minimum absolute atomic E-state index is 0.204. The molecule has 3 saturated heterocycles. The van der Waals surface area contributed by atoms with Crippen molar-refractivity contribution in [3.63, 3.8) is 0 Å². The predicted octanol–water partition coefficient (Wildman–Crippen LogP) is 4.22. The Morgan fingerprint density at radius 2 is 1.64 bits per heavy atom. The molecule has 33 heavy (non-hydrogen) atoms. The number of carbonyl (C=O) groups excluding carboxylic acids is 2. The second-order valence-corrected chi connectivity index (χ2v) is 10.5. The molecule has 4 rings (SSSR count). The molecule has 3 aliphatic heterocycles. The minimum atomic E-state index is -0.363. The molecule has 0 saturated carbocycles. The topological polar surface area (TPSA) is 53.1 Å². The number of amides is 2. The van der Waals surface area contributed by atoms with Gasteiger partial charge in [0.15, 0.2) is 0 Å². The molecule has 1 aromatic carbocycles.